The second-order valence-electron chi connectivity index (χ2n) is 5.93. The number of pyridine rings is 1. The first-order valence-corrected chi connectivity index (χ1v) is 7.94. The van der Waals surface area contributed by atoms with E-state index >= 15 is 0 Å². The zero-order chi connectivity index (χ0) is 16.2. The molecule has 1 saturated heterocycles. The van der Waals surface area contributed by atoms with Crippen LogP contribution in [0.25, 0.3) is 5.65 Å². The molecular formula is C16H23N5O2. The maximum Gasteiger partial charge on any atom is 0.319 e. The van der Waals surface area contributed by atoms with Crippen LogP contribution < -0.4 is 10.6 Å². The van der Waals surface area contributed by atoms with Crippen molar-refractivity contribution in [1.29, 1.82) is 0 Å². The fourth-order valence-corrected chi connectivity index (χ4v) is 2.87. The summed E-state index contributed by atoms with van der Waals surface area (Å²) in [5, 5.41) is 5.77. The number of carbonyl (C=O) groups is 1. The molecule has 7 heteroatoms. The number of urea groups is 1. The Balaban J connectivity index is 1.48. The summed E-state index contributed by atoms with van der Waals surface area (Å²) in [6, 6.07) is 1.73. The van der Waals surface area contributed by atoms with Crippen LogP contribution in [-0.4, -0.2) is 59.2 Å². The van der Waals surface area contributed by atoms with Gasteiger partial charge in [-0.1, -0.05) is 0 Å². The van der Waals surface area contributed by atoms with Gasteiger partial charge >= 0.3 is 6.03 Å². The number of fused-ring (bicyclic) bond motifs is 1. The van der Waals surface area contributed by atoms with Crippen LogP contribution in [0.3, 0.4) is 0 Å². The molecule has 2 N–H and O–H groups in total. The van der Waals surface area contributed by atoms with Crippen LogP contribution in [0.4, 0.5) is 10.5 Å². The molecule has 124 valence electrons. The average molecular weight is 317 g/mol. The minimum absolute atomic E-state index is 0.190. The lowest BCUT2D eigenvalue weighted by atomic mass is 10.3. The van der Waals surface area contributed by atoms with Gasteiger partial charge in [0.2, 0.25) is 0 Å². The molecule has 3 heterocycles. The lowest BCUT2D eigenvalue weighted by Gasteiger charge is -2.30. The number of carbonyl (C=O) groups excluding carboxylic acids is 1. The Kier molecular flexibility index (Phi) is 4.78. The maximum absolute atomic E-state index is 12.0. The van der Waals surface area contributed by atoms with Crippen molar-refractivity contribution < 1.29 is 9.53 Å². The van der Waals surface area contributed by atoms with Gasteiger partial charge in [-0.05, 0) is 25.5 Å². The molecule has 1 atom stereocenters. The fraction of sp³-hybridized carbons (Fsp3) is 0.500. The Bertz CT molecular complexity index is 684. The van der Waals surface area contributed by atoms with Gasteiger partial charge in [-0.25, -0.2) is 9.78 Å². The molecule has 1 aliphatic rings. The Labute approximate surface area is 135 Å². The Morgan fingerprint density at radius 3 is 3.22 bits per heavy atom. The van der Waals surface area contributed by atoms with Crippen molar-refractivity contribution in [1.82, 2.24) is 19.6 Å². The summed E-state index contributed by atoms with van der Waals surface area (Å²) in [5.41, 5.74) is 2.68. The summed E-state index contributed by atoms with van der Waals surface area (Å²) >= 11 is 0. The van der Waals surface area contributed by atoms with Crippen LogP contribution in [0.5, 0.6) is 0 Å². The number of aryl methyl sites for hydroxylation is 1. The first kappa shape index (κ1) is 15.8. The highest BCUT2D eigenvalue weighted by atomic mass is 16.5. The first-order valence-electron chi connectivity index (χ1n) is 7.94. The van der Waals surface area contributed by atoms with E-state index in [2.05, 4.69) is 27.4 Å². The van der Waals surface area contributed by atoms with Gasteiger partial charge < -0.3 is 19.8 Å². The number of nitrogens with one attached hydrogen (secondary N) is 2. The molecule has 0 saturated carbocycles. The number of ether oxygens (including phenoxy) is 1. The summed E-state index contributed by atoms with van der Waals surface area (Å²) in [6.45, 7) is 8.10. The van der Waals surface area contributed by atoms with Gasteiger partial charge in [-0.15, -0.1) is 0 Å². The quantitative estimate of drug-likeness (QED) is 0.896. The Morgan fingerprint density at radius 1 is 1.52 bits per heavy atom. The van der Waals surface area contributed by atoms with Crippen molar-refractivity contribution in [2.24, 2.45) is 0 Å². The topological polar surface area (TPSA) is 70.9 Å². The number of aromatic nitrogens is 2. The van der Waals surface area contributed by atoms with Crippen LogP contribution in [0.2, 0.25) is 0 Å². The molecule has 0 radical (unpaired) electrons. The normalized spacial score (nSPS) is 19.0. The summed E-state index contributed by atoms with van der Waals surface area (Å²) in [5.74, 6) is 0. The predicted molar refractivity (Wildman–Crippen MR) is 88.8 cm³/mol. The van der Waals surface area contributed by atoms with E-state index in [4.69, 9.17) is 4.74 Å². The molecule has 0 bridgehead atoms. The van der Waals surface area contributed by atoms with Crippen LogP contribution in [0.15, 0.2) is 24.7 Å². The summed E-state index contributed by atoms with van der Waals surface area (Å²) < 4.78 is 7.41. The summed E-state index contributed by atoms with van der Waals surface area (Å²) in [7, 11) is 0. The molecule has 0 aliphatic carbocycles. The van der Waals surface area contributed by atoms with Gasteiger partial charge in [-0.3, -0.25) is 4.90 Å². The SMILES string of the molecule is Cc1cc(NC(=O)NCCN2CCO[C@@H](C)C2)cn2ccnc12. The van der Waals surface area contributed by atoms with Gasteiger partial charge in [-0.2, -0.15) is 0 Å². The number of nitrogens with zero attached hydrogens (tertiary/aromatic N) is 3. The number of morpholine rings is 1. The van der Waals surface area contributed by atoms with Gasteiger partial charge in [0.05, 0.1) is 18.4 Å². The average Bonchev–Trinajstić information content (AvgIpc) is 2.96. The molecule has 1 aliphatic heterocycles. The van der Waals surface area contributed by atoms with E-state index in [0.29, 0.717) is 6.54 Å². The molecule has 1 fully saturated rings. The van der Waals surface area contributed by atoms with Crippen LogP contribution in [0.1, 0.15) is 12.5 Å². The van der Waals surface area contributed by atoms with Crippen LogP contribution in [0, 0.1) is 6.92 Å². The van der Waals surface area contributed by atoms with Crippen molar-refractivity contribution >= 4 is 17.4 Å². The van der Waals surface area contributed by atoms with Crippen molar-refractivity contribution in [3.63, 3.8) is 0 Å². The molecule has 0 unspecified atom stereocenters. The largest absolute Gasteiger partial charge is 0.376 e. The number of hydrogen-bond donors (Lipinski definition) is 2. The molecule has 0 aromatic carbocycles. The van der Waals surface area contributed by atoms with Crippen molar-refractivity contribution in [3.8, 4) is 0 Å². The van der Waals surface area contributed by atoms with Gasteiger partial charge in [0.1, 0.15) is 5.65 Å². The van der Waals surface area contributed by atoms with E-state index in [1.807, 2.05) is 29.8 Å². The smallest absolute Gasteiger partial charge is 0.319 e. The van der Waals surface area contributed by atoms with E-state index in [9.17, 15) is 4.79 Å². The minimum atomic E-state index is -0.190. The predicted octanol–water partition coefficient (Wildman–Crippen LogP) is 1.48. The van der Waals surface area contributed by atoms with Gasteiger partial charge in [0.15, 0.2) is 0 Å². The molecule has 0 spiro atoms. The molecule has 2 aromatic rings. The zero-order valence-corrected chi connectivity index (χ0v) is 13.6. The second kappa shape index (κ2) is 6.97. The number of amides is 2. The fourth-order valence-electron chi connectivity index (χ4n) is 2.87. The monoisotopic (exact) mass is 317 g/mol. The molecule has 23 heavy (non-hydrogen) atoms. The third kappa shape index (κ3) is 4.00. The second-order valence-corrected chi connectivity index (χ2v) is 5.93. The third-order valence-corrected chi connectivity index (χ3v) is 3.97. The Morgan fingerprint density at radius 2 is 2.39 bits per heavy atom. The summed E-state index contributed by atoms with van der Waals surface area (Å²) in [6.07, 6.45) is 5.74. The molecule has 7 nitrogen and oxygen atoms in total. The molecule has 2 amide bonds. The van der Waals surface area contributed by atoms with E-state index in [-0.39, 0.29) is 12.1 Å². The van der Waals surface area contributed by atoms with E-state index in [1.54, 1.807) is 6.20 Å². The number of hydrogen-bond acceptors (Lipinski definition) is 4. The maximum atomic E-state index is 12.0. The molecule has 2 aromatic heterocycles. The Hall–Kier alpha value is -2.12. The van der Waals surface area contributed by atoms with Crippen molar-refractivity contribution in [3.05, 3.63) is 30.2 Å². The van der Waals surface area contributed by atoms with E-state index in [1.165, 1.54) is 0 Å². The molecular weight excluding hydrogens is 294 g/mol. The lowest BCUT2D eigenvalue weighted by molar-refractivity contribution is -0.0174. The van der Waals surface area contributed by atoms with Gasteiger partial charge in [0, 0.05) is 44.8 Å². The van der Waals surface area contributed by atoms with Crippen LogP contribution >= 0.6 is 0 Å². The summed E-state index contributed by atoms with van der Waals surface area (Å²) in [4.78, 5) is 18.6. The van der Waals surface area contributed by atoms with E-state index < -0.39 is 0 Å². The lowest BCUT2D eigenvalue weighted by Crippen LogP contribution is -2.45. The number of imidazole rings is 1. The zero-order valence-electron chi connectivity index (χ0n) is 13.6. The van der Waals surface area contributed by atoms with E-state index in [0.717, 1.165) is 43.1 Å². The minimum Gasteiger partial charge on any atom is -0.376 e. The van der Waals surface area contributed by atoms with Crippen LogP contribution in [-0.2, 0) is 4.74 Å². The third-order valence-electron chi connectivity index (χ3n) is 3.97. The number of rotatable bonds is 4. The first-order chi connectivity index (χ1) is 11.1. The van der Waals surface area contributed by atoms with Crippen molar-refractivity contribution in [2.75, 3.05) is 38.1 Å². The highest BCUT2D eigenvalue weighted by Crippen LogP contribution is 2.14. The highest BCUT2D eigenvalue weighted by molar-refractivity contribution is 5.89. The molecule has 3 rings (SSSR count). The standard InChI is InChI=1S/C16H23N5O2/c1-12-9-14(11-21-6-4-17-15(12)21)19-16(22)18-3-5-20-7-8-23-13(2)10-20/h4,6,9,11,13H,3,5,7-8,10H2,1-2H3,(H2,18,19,22)/t13-/m0/s1. The van der Waals surface area contributed by atoms with Gasteiger partial charge in [0.25, 0.3) is 0 Å². The highest BCUT2D eigenvalue weighted by Gasteiger charge is 2.16. The van der Waals surface area contributed by atoms with Crippen molar-refractivity contribution in [2.45, 2.75) is 20.0 Å². The number of anilines is 1.